The zero-order chi connectivity index (χ0) is 18.5. The second-order valence-corrected chi connectivity index (χ2v) is 6.27. The van der Waals surface area contributed by atoms with E-state index in [1.807, 2.05) is 13.0 Å². The number of nitrogens with two attached hydrogens (primary N) is 1. The number of nitrogen functional groups attached to an aromatic ring is 1. The van der Waals surface area contributed by atoms with Gasteiger partial charge in [0.1, 0.15) is 11.6 Å². The Kier molecular flexibility index (Phi) is 5.26. The number of hydrogen-bond acceptors (Lipinski definition) is 7. The van der Waals surface area contributed by atoms with Crippen LogP contribution in [-0.4, -0.2) is 33.0 Å². The van der Waals surface area contributed by atoms with Crippen molar-refractivity contribution in [2.75, 3.05) is 29.5 Å². The van der Waals surface area contributed by atoms with E-state index >= 15 is 0 Å². The van der Waals surface area contributed by atoms with Crippen molar-refractivity contribution in [2.24, 2.45) is 0 Å². The van der Waals surface area contributed by atoms with E-state index in [0.29, 0.717) is 18.9 Å². The van der Waals surface area contributed by atoms with E-state index in [-0.39, 0.29) is 5.95 Å². The molecular formula is C19H23N7. The summed E-state index contributed by atoms with van der Waals surface area (Å²) in [6.07, 6.45) is 3.45. The second-order valence-electron chi connectivity index (χ2n) is 6.27. The molecule has 0 aliphatic carbocycles. The van der Waals surface area contributed by atoms with E-state index in [1.54, 1.807) is 12.4 Å². The molecule has 7 heteroatoms. The summed E-state index contributed by atoms with van der Waals surface area (Å²) in [7, 11) is 0. The Labute approximate surface area is 153 Å². The van der Waals surface area contributed by atoms with E-state index in [4.69, 9.17) is 5.73 Å². The summed E-state index contributed by atoms with van der Waals surface area (Å²) in [6, 6.07) is 8.23. The van der Waals surface area contributed by atoms with Crippen LogP contribution in [0.25, 0.3) is 11.3 Å². The van der Waals surface area contributed by atoms with E-state index in [9.17, 15) is 0 Å². The summed E-state index contributed by atoms with van der Waals surface area (Å²) in [6.45, 7) is 7.39. The zero-order valence-corrected chi connectivity index (χ0v) is 15.2. The number of nitrogens with zero attached hydrogens (tertiary/aromatic N) is 4. The molecule has 0 saturated carbocycles. The first kappa shape index (κ1) is 17.6. The Morgan fingerprint density at radius 1 is 0.808 bits per heavy atom. The molecule has 0 radical (unpaired) electrons. The third kappa shape index (κ3) is 4.66. The van der Waals surface area contributed by atoms with Gasteiger partial charge in [-0.05, 0) is 32.9 Å². The molecule has 2 aromatic heterocycles. The van der Waals surface area contributed by atoms with Gasteiger partial charge >= 0.3 is 0 Å². The number of anilines is 3. The number of hydrogen-bond donors (Lipinski definition) is 3. The molecule has 1 aromatic carbocycles. The lowest BCUT2D eigenvalue weighted by Crippen LogP contribution is -2.15. The monoisotopic (exact) mass is 349 g/mol. The summed E-state index contributed by atoms with van der Waals surface area (Å²) >= 11 is 0. The van der Waals surface area contributed by atoms with Gasteiger partial charge in [0.05, 0.1) is 23.8 Å². The van der Waals surface area contributed by atoms with E-state index in [2.05, 4.69) is 62.6 Å². The smallest absolute Gasteiger partial charge is 0.222 e. The van der Waals surface area contributed by atoms with Crippen LogP contribution in [0.4, 0.5) is 17.6 Å². The van der Waals surface area contributed by atoms with Gasteiger partial charge in [0.2, 0.25) is 5.95 Å². The van der Waals surface area contributed by atoms with Crippen molar-refractivity contribution in [3.8, 4) is 11.3 Å². The molecule has 0 unspecified atom stereocenters. The van der Waals surface area contributed by atoms with Crippen LogP contribution >= 0.6 is 0 Å². The maximum Gasteiger partial charge on any atom is 0.222 e. The maximum absolute atomic E-state index is 5.89. The van der Waals surface area contributed by atoms with Gasteiger partial charge in [-0.2, -0.15) is 4.98 Å². The lowest BCUT2D eigenvalue weighted by atomic mass is 10.0. The summed E-state index contributed by atoms with van der Waals surface area (Å²) in [5, 5.41) is 6.47. The van der Waals surface area contributed by atoms with Gasteiger partial charge < -0.3 is 16.4 Å². The average molecular weight is 349 g/mol. The predicted molar refractivity (Wildman–Crippen MR) is 105 cm³/mol. The predicted octanol–water partition coefficient (Wildman–Crippen LogP) is 2.97. The highest BCUT2D eigenvalue weighted by Crippen LogP contribution is 2.23. The Hall–Kier alpha value is -3.22. The quantitative estimate of drug-likeness (QED) is 0.588. The molecule has 2 heterocycles. The highest BCUT2D eigenvalue weighted by molar-refractivity contribution is 5.65. The Morgan fingerprint density at radius 3 is 2.15 bits per heavy atom. The minimum Gasteiger partial charge on any atom is -0.368 e. The third-order valence-electron chi connectivity index (χ3n) is 3.78. The highest BCUT2D eigenvalue weighted by Gasteiger charge is 2.06. The maximum atomic E-state index is 5.89. The van der Waals surface area contributed by atoms with Gasteiger partial charge in [0.25, 0.3) is 0 Å². The van der Waals surface area contributed by atoms with Gasteiger partial charge in [0.15, 0.2) is 0 Å². The Morgan fingerprint density at radius 2 is 1.50 bits per heavy atom. The molecule has 0 fully saturated rings. The molecule has 0 spiro atoms. The fourth-order valence-electron chi connectivity index (χ4n) is 2.69. The number of rotatable bonds is 6. The molecule has 0 bridgehead atoms. The summed E-state index contributed by atoms with van der Waals surface area (Å²) < 4.78 is 0. The number of aromatic nitrogens is 4. The lowest BCUT2D eigenvalue weighted by Gasteiger charge is -2.10. The van der Waals surface area contributed by atoms with Crippen molar-refractivity contribution >= 4 is 17.6 Å². The molecule has 0 amide bonds. The topological polar surface area (TPSA) is 102 Å². The Balaban J connectivity index is 1.65. The van der Waals surface area contributed by atoms with Crippen molar-refractivity contribution < 1.29 is 0 Å². The van der Waals surface area contributed by atoms with Crippen LogP contribution in [0.1, 0.15) is 16.8 Å². The Bertz CT molecular complexity index is 871. The molecule has 7 nitrogen and oxygen atoms in total. The minimum atomic E-state index is 0.251. The molecular weight excluding hydrogens is 326 g/mol. The van der Waals surface area contributed by atoms with Crippen LogP contribution in [0.3, 0.4) is 0 Å². The lowest BCUT2D eigenvalue weighted by molar-refractivity contribution is 1.02. The SMILES string of the molecule is Cc1cc(C)cc(-c2cc(NCCNc3cnc(C)cn3)nc(N)n2)c1. The van der Waals surface area contributed by atoms with Gasteiger partial charge in [-0.1, -0.05) is 17.2 Å². The molecule has 0 saturated heterocycles. The van der Waals surface area contributed by atoms with Crippen LogP contribution < -0.4 is 16.4 Å². The molecule has 134 valence electrons. The van der Waals surface area contributed by atoms with Crippen molar-refractivity contribution in [3.63, 3.8) is 0 Å². The number of aryl methyl sites for hydroxylation is 3. The fraction of sp³-hybridized carbons (Fsp3) is 0.263. The van der Waals surface area contributed by atoms with E-state index < -0.39 is 0 Å². The van der Waals surface area contributed by atoms with Crippen molar-refractivity contribution in [2.45, 2.75) is 20.8 Å². The largest absolute Gasteiger partial charge is 0.368 e. The van der Waals surface area contributed by atoms with Crippen molar-refractivity contribution in [1.82, 2.24) is 19.9 Å². The normalized spacial score (nSPS) is 10.6. The van der Waals surface area contributed by atoms with Gasteiger partial charge in [-0.3, -0.25) is 4.98 Å². The highest BCUT2D eigenvalue weighted by atomic mass is 15.1. The average Bonchev–Trinajstić information content (AvgIpc) is 2.59. The third-order valence-corrected chi connectivity index (χ3v) is 3.78. The van der Waals surface area contributed by atoms with Crippen molar-refractivity contribution in [3.05, 3.63) is 53.5 Å². The van der Waals surface area contributed by atoms with E-state index in [1.165, 1.54) is 11.1 Å². The summed E-state index contributed by atoms with van der Waals surface area (Å²) in [4.78, 5) is 17.1. The van der Waals surface area contributed by atoms with Gasteiger partial charge in [-0.15, -0.1) is 0 Å². The van der Waals surface area contributed by atoms with Gasteiger partial charge in [-0.25, -0.2) is 9.97 Å². The van der Waals surface area contributed by atoms with Crippen LogP contribution in [0.5, 0.6) is 0 Å². The summed E-state index contributed by atoms with van der Waals surface area (Å²) in [5.41, 5.74) is 11.0. The summed E-state index contributed by atoms with van der Waals surface area (Å²) in [5.74, 6) is 1.69. The van der Waals surface area contributed by atoms with Crippen molar-refractivity contribution in [1.29, 1.82) is 0 Å². The molecule has 4 N–H and O–H groups in total. The van der Waals surface area contributed by atoms with Crippen LogP contribution in [0.15, 0.2) is 36.7 Å². The van der Waals surface area contributed by atoms with Crippen LogP contribution in [0.2, 0.25) is 0 Å². The molecule has 0 aliphatic rings. The molecule has 3 aromatic rings. The second kappa shape index (κ2) is 7.77. The fourth-order valence-corrected chi connectivity index (χ4v) is 2.69. The zero-order valence-electron chi connectivity index (χ0n) is 15.2. The van der Waals surface area contributed by atoms with Gasteiger partial charge in [0, 0.05) is 24.7 Å². The minimum absolute atomic E-state index is 0.251. The standard InChI is InChI=1S/C19H23N7/c1-12-6-13(2)8-15(7-12)16-9-17(26-19(20)25-16)21-4-5-22-18-11-23-14(3)10-24-18/h6-11H,4-5H2,1-3H3,(H,22,24)(H3,20,21,25,26). The molecule has 0 aliphatic heterocycles. The van der Waals surface area contributed by atoms with Crippen LogP contribution in [0, 0.1) is 20.8 Å². The first-order valence-corrected chi connectivity index (χ1v) is 8.49. The number of nitrogens with one attached hydrogen (secondary N) is 2. The molecule has 0 atom stereocenters. The van der Waals surface area contributed by atoms with E-state index in [0.717, 1.165) is 22.8 Å². The molecule has 3 rings (SSSR count). The van der Waals surface area contributed by atoms with Crippen LogP contribution in [-0.2, 0) is 0 Å². The first-order chi connectivity index (χ1) is 12.5. The molecule has 26 heavy (non-hydrogen) atoms. The number of benzene rings is 1. The first-order valence-electron chi connectivity index (χ1n) is 8.49.